The van der Waals surface area contributed by atoms with E-state index >= 15 is 0 Å². The number of nitrogens with zero attached hydrogens (tertiary/aromatic N) is 1. The molecule has 0 aromatic heterocycles. The van der Waals surface area contributed by atoms with Gasteiger partial charge in [-0.3, -0.25) is 4.79 Å². The molecule has 5 nitrogen and oxygen atoms in total. The lowest BCUT2D eigenvalue weighted by atomic mass is 10.2. The van der Waals surface area contributed by atoms with Crippen LogP contribution in [0.2, 0.25) is 0 Å². The van der Waals surface area contributed by atoms with Crippen LogP contribution in [0.5, 0.6) is 0 Å². The molecule has 1 aliphatic rings. The van der Waals surface area contributed by atoms with Crippen LogP contribution in [0, 0.1) is 0 Å². The van der Waals surface area contributed by atoms with E-state index in [4.69, 9.17) is 0 Å². The van der Waals surface area contributed by atoms with Crippen molar-refractivity contribution in [2.75, 3.05) is 34.8 Å². The van der Waals surface area contributed by atoms with E-state index in [1.165, 1.54) is 18.9 Å². The molecule has 114 valence electrons. The fourth-order valence-electron chi connectivity index (χ4n) is 2.37. The zero-order valence-electron chi connectivity index (χ0n) is 11.9. The molecule has 0 radical (unpaired) electrons. The van der Waals surface area contributed by atoms with Gasteiger partial charge in [-0.25, -0.2) is 8.42 Å². The van der Waals surface area contributed by atoms with E-state index in [-0.39, 0.29) is 5.75 Å². The van der Waals surface area contributed by atoms with Crippen LogP contribution in [-0.2, 0) is 14.6 Å². The van der Waals surface area contributed by atoms with Crippen LogP contribution in [0.4, 0.5) is 11.4 Å². The first-order chi connectivity index (χ1) is 10.00. The first kappa shape index (κ1) is 15.6. The Morgan fingerprint density at radius 2 is 1.86 bits per heavy atom. The molecule has 1 fully saturated rings. The predicted octanol–water partition coefficient (Wildman–Crippen LogP) is 1.83. The number of hydrogen-bond acceptors (Lipinski definition) is 4. The average molecular weight is 308 g/mol. The van der Waals surface area contributed by atoms with Gasteiger partial charge in [0, 0.05) is 24.5 Å². The van der Waals surface area contributed by atoms with Gasteiger partial charge in [-0.05, 0) is 37.1 Å². The molecule has 1 amide bonds. The van der Waals surface area contributed by atoms with E-state index in [2.05, 4.69) is 16.8 Å². The molecule has 1 N–H and O–H groups in total. The molecular formula is C15H20N2O3S. The Bertz CT molecular complexity index is 602. The second-order valence-electron chi connectivity index (χ2n) is 5.13. The molecule has 0 bridgehead atoms. The minimum atomic E-state index is -3.41. The molecule has 1 aromatic carbocycles. The van der Waals surface area contributed by atoms with Crippen molar-refractivity contribution in [2.45, 2.75) is 12.8 Å². The zero-order chi connectivity index (χ0) is 15.3. The summed E-state index contributed by atoms with van der Waals surface area (Å²) in [5.74, 6) is -1.23. The van der Waals surface area contributed by atoms with E-state index in [1.54, 1.807) is 12.1 Å². The van der Waals surface area contributed by atoms with Gasteiger partial charge in [-0.1, -0.05) is 6.08 Å². The number of sulfone groups is 1. The normalized spacial score (nSPS) is 15.0. The summed E-state index contributed by atoms with van der Waals surface area (Å²) >= 11 is 0. The molecular weight excluding hydrogens is 288 g/mol. The quantitative estimate of drug-likeness (QED) is 0.814. The van der Waals surface area contributed by atoms with E-state index < -0.39 is 21.5 Å². The van der Waals surface area contributed by atoms with Gasteiger partial charge < -0.3 is 10.2 Å². The molecule has 0 atom stereocenters. The third kappa shape index (κ3) is 4.60. The van der Waals surface area contributed by atoms with Crippen molar-refractivity contribution in [3.8, 4) is 0 Å². The highest BCUT2D eigenvalue weighted by Crippen LogP contribution is 2.21. The number of carbonyl (C=O) groups excluding carboxylic acids is 1. The fourth-order valence-corrected chi connectivity index (χ4v) is 3.31. The van der Waals surface area contributed by atoms with Gasteiger partial charge in [0.15, 0.2) is 9.84 Å². The van der Waals surface area contributed by atoms with Crippen molar-refractivity contribution < 1.29 is 13.2 Å². The van der Waals surface area contributed by atoms with E-state index in [9.17, 15) is 13.2 Å². The van der Waals surface area contributed by atoms with Gasteiger partial charge in [0.2, 0.25) is 5.91 Å². The maximum absolute atomic E-state index is 11.7. The number of rotatable bonds is 6. The van der Waals surface area contributed by atoms with Gasteiger partial charge in [-0.2, -0.15) is 0 Å². The molecule has 1 heterocycles. The molecule has 1 aromatic rings. The summed E-state index contributed by atoms with van der Waals surface area (Å²) in [5, 5.41) is 2.60. The highest BCUT2D eigenvalue weighted by Gasteiger charge is 2.15. The summed E-state index contributed by atoms with van der Waals surface area (Å²) in [5.41, 5.74) is 1.74. The smallest absolute Gasteiger partial charge is 0.239 e. The van der Waals surface area contributed by atoms with Crippen LogP contribution >= 0.6 is 0 Å². The van der Waals surface area contributed by atoms with Crippen molar-refractivity contribution >= 4 is 27.1 Å². The van der Waals surface area contributed by atoms with E-state index in [1.807, 2.05) is 12.1 Å². The Hall–Kier alpha value is -1.82. The lowest BCUT2D eigenvalue weighted by molar-refractivity contribution is -0.113. The van der Waals surface area contributed by atoms with E-state index in [0.29, 0.717) is 5.69 Å². The molecule has 0 spiro atoms. The second kappa shape index (κ2) is 6.76. The minimum Gasteiger partial charge on any atom is -0.372 e. The lowest BCUT2D eigenvalue weighted by Gasteiger charge is -2.17. The van der Waals surface area contributed by atoms with Gasteiger partial charge in [-0.15, -0.1) is 6.58 Å². The Kier molecular flexibility index (Phi) is 5.01. The minimum absolute atomic E-state index is 0.186. The van der Waals surface area contributed by atoms with Crippen molar-refractivity contribution in [2.24, 2.45) is 0 Å². The van der Waals surface area contributed by atoms with Crippen LogP contribution in [0.3, 0.4) is 0 Å². The van der Waals surface area contributed by atoms with Crippen molar-refractivity contribution in [3.63, 3.8) is 0 Å². The second-order valence-corrected chi connectivity index (χ2v) is 7.24. The molecule has 0 unspecified atom stereocenters. The summed E-state index contributed by atoms with van der Waals surface area (Å²) < 4.78 is 23.0. The van der Waals surface area contributed by atoms with Crippen LogP contribution in [0.15, 0.2) is 36.9 Å². The maximum atomic E-state index is 11.7. The highest BCUT2D eigenvalue weighted by atomic mass is 32.2. The summed E-state index contributed by atoms with van der Waals surface area (Å²) in [4.78, 5) is 14.0. The van der Waals surface area contributed by atoms with Gasteiger partial charge >= 0.3 is 0 Å². The first-order valence-electron chi connectivity index (χ1n) is 6.96. The van der Waals surface area contributed by atoms with Crippen LogP contribution < -0.4 is 10.2 Å². The molecule has 21 heavy (non-hydrogen) atoms. The molecule has 0 aliphatic carbocycles. The molecule has 2 rings (SSSR count). The molecule has 1 aliphatic heterocycles. The van der Waals surface area contributed by atoms with Crippen molar-refractivity contribution in [1.82, 2.24) is 0 Å². The molecule has 0 saturated carbocycles. The topological polar surface area (TPSA) is 66.5 Å². The zero-order valence-corrected chi connectivity index (χ0v) is 12.7. The number of hydrogen-bond donors (Lipinski definition) is 1. The largest absolute Gasteiger partial charge is 0.372 e. The molecule has 1 saturated heterocycles. The Morgan fingerprint density at radius 1 is 1.24 bits per heavy atom. The number of nitrogens with one attached hydrogen (secondary N) is 1. The lowest BCUT2D eigenvalue weighted by Crippen LogP contribution is -2.24. The predicted molar refractivity (Wildman–Crippen MR) is 85.4 cm³/mol. The standard InChI is InChI=1S/C15H20N2O3S/c1-2-11-21(19,20)12-15(18)16-13-5-7-14(8-6-13)17-9-3-4-10-17/h2,5-8H,1,3-4,9-12H2,(H,16,18). The number of amides is 1. The third-order valence-corrected chi connectivity index (χ3v) is 4.79. The summed E-state index contributed by atoms with van der Waals surface area (Å²) in [6.07, 6.45) is 3.70. The number of benzene rings is 1. The number of carbonyl (C=O) groups is 1. The van der Waals surface area contributed by atoms with E-state index in [0.717, 1.165) is 18.8 Å². The Morgan fingerprint density at radius 3 is 2.43 bits per heavy atom. The summed E-state index contributed by atoms with van der Waals surface area (Å²) in [7, 11) is -3.41. The SMILES string of the molecule is C=CCS(=O)(=O)CC(=O)Nc1ccc(N2CCCC2)cc1. The monoisotopic (exact) mass is 308 g/mol. The van der Waals surface area contributed by atoms with Crippen molar-refractivity contribution in [3.05, 3.63) is 36.9 Å². The maximum Gasteiger partial charge on any atom is 0.239 e. The third-order valence-electron chi connectivity index (χ3n) is 3.35. The highest BCUT2D eigenvalue weighted by molar-refractivity contribution is 7.92. The average Bonchev–Trinajstić information content (AvgIpc) is 2.92. The Balaban J connectivity index is 1.93. The van der Waals surface area contributed by atoms with Gasteiger partial charge in [0.25, 0.3) is 0 Å². The van der Waals surface area contributed by atoms with Gasteiger partial charge in [0.05, 0.1) is 5.75 Å². The molecule has 6 heteroatoms. The summed E-state index contributed by atoms with van der Waals surface area (Å²) in [6.45, 7) is 5.49. The summed E-state index contributed by atoms with van der Waals surface area (Å²) in [6, 6.07) is 7.48. The van der Waals surface area contributed by atoms with Crippen LogP contribution in [-0.4, -0.2) is 38.9 Å². The van der Waals surface area contributed by atoms with Crippen LogP contribution in [0.25, 0.3) is 0 Å². The number of anilines is 2. The van der Waals surface area contributed by atoms with Gasteiger partial charge in [0.1, 0.15) is 5.75 Å². The van der Waals surface area contributed by atoms with Crippen molar-refractivity contribution in [1.29, 1.82) is 0 Å². The fraction of sp³-hybridized carbons (Fsp3) is 0.400. The van der Waals surface area contributed by atoms with Crippen LogP contribution in [0.1, 0.15) is 12.8 Å². The first-order valence-corrected chi connectivity index (χ1v) is 8.78. The Labute approximate surface area is 125 Å².